The third-order valence-corrected chi connectivity index (χ3v) is 15.9. The van der Waals surface area contributed by atoms with Crippen LogP contribution in [0.5, 0.6) is 0 Å². The molecule has 3 aliphatic rings. The van der Waals surface area contributed by atoms with Gasteiger partial charge in [-0.1, -0.05) is 157 Å². The van der Waals surface area contributed by atoms with E-state index in [1.807, 2.05) is 0 Å². The summed E-state index contributed by atoms with van der Waals surface area (Å²) in [5.41, 5.74) is 5.80. The first-order valence-corrected chi connectivity index (χ1v) is 18.4. The average molecular weight is 551 g/mol. The zero-order valence-electron chi connectivity index (χ0n) is 23.6. The fourth-order valence-electron chi connectivity index (χ4n) is 7.58. The summed E-state index contributed by atoms with van der Waals surface area (Å²) in [7, 11) is -0.610. The van der Waals surface area contributed by atoms with Gasteiger partial charge in [-0.15, -0.1) is 0 Å². The minimum absolute atomic E-state index is 0.0144. The molecule has 0 aromatic heterocycles. The summed E-state index contributed by atoms with van der Waals surface area (Å²) >= 11 is 0. The zero-order valence-corrected chi connectivity index (χ0v) is 25.4. The van der Waals surface area contributed by atoms with E-state index in [0.29, 0.717) is 5.92 Å². The smallest absolute Gasteiger partial charge is 0.00923 e. The summed E-state index contributed by atoms with van der Waals surface area (Å²) in [5.74, 6) is 0.546. The first kappa shape index (κ1) is 27.2. The minimum Gasteiger partial charge on any atom is -0.0965 e. The lowest BCUT2D eigenvalue weighted by molar-refractivity contribution is 0.479. The highest BCUT2D eigenvalue weighted by atomic mass is 31.1. The Morgan fingerprint density at radius 2 is 1.13 bits per heavy atom. The van der Waals surface area contributed by atoms with Crippen LogP contribution in [0.1, 0.15) is 76.7 Å². The Hall–Kier alpha value is -2.00. The van der Waals surface area contributed by atoms with Gasteiger partial charge in [0.05, 0.1) is 0 Å². The molecule has 1 unspecified atom stereocenters. The van der Waals surface area contributed by atoms with Crippen molar-refractivity contribution in [1.29, 1.82) is 0 Å². The SMILES string of the molecule is C[C@@H](C1C=CC=C1c1ccccc1P(c1ccccc1)c1ccccc1)P(C1CCCCC1)C1CCCCC1. The quantitative estimate of drug-likeness (QED) is 0.245. The lowest BCUT2D eigenvalue weighted by Crippen LogP contribution is -2.30. The van der Waals surface area contributed by atoms with E-state index in [-0.39, 0.29) is 7.92 Å². The van der Waals surface area contributed by atoms with Crippen LogP contribution < -0.4 is 15.9 Å². The van der Waals surface area contributed by atoms with Crippen molar-refractivity contribution >= 4 is 37.3 Å². The Balaban J connectivity index is 1.37. The van der Waals surface area contributed by atoms with Crippen molar-refractivity contribution in [2.75, 3.05) is 0 Å². The van der Waals surface area contributed by atoms with Gasteiger partial charge in [0.1, 0.15) is 0 Å². The van der Waals surface area contributed by atoms with Crippen molar-refractivity contribution in [1.82, 2.24) is 0 Å². The molecule has 0 aliphatic heterocycles. The third kappa shape index (κ3) is 6.04. The molecule has 0 N–H and O–H groups in total. The van der Waals surface area contributed by atoms with Crippen molar-refractivity contribution in [3.05, 3.63) is 109 Å². The van der Waals surface area contributed by atoms with Gasteiger partial charge in [0, 0.05) is 5.92 Å². The Bertz CT molecular complexity index is 1190. The molecule has 2 fully saturated rings. The van der Waals surface area contributed by atoms with Crippen LogP contribution in [-0.2, 0) is 0 Å². The maximum Gasteiger partial charge on any atom is 0.00923 e. The van der Waals surface area contributed by atoms with E-state index in [0.717, 1.165) is 17.0 Å². The van der Waals surface area contributed by atoms with Crippen molar-refractivity contribution in [3.8, 4) is 0 Å². The lowest BCUT2D eigenvalue weighted by Gasteiger charge is -2.44. The maximum atomic E-state index is 2.66. The lowest BCUT2D eigenvalue weighted by atomic mass is 9.93. The fourth-order valence-corrected chi connectivity index (χ4v) is 14.5. The topological polar surface area (TPSA) is 0 Å². The molecule has 3 aromatic carbocycles. The normalized spacial score (nSPS) is 21.4. The predicted molar refractivity (Wildman–Crippen MR) is 176 cm³/mol. The second-order valence-electron chi connectivity index (χ2n) is 11.8. The van der Waals surface area contributed by atoms with E-state index >= 15 is 0 Å². The summed E-state index contributed by atoms with van der Waals surface area (Å²) in [6, 6.07) is 31.9. The molecule has 39 heavy (non-hydrogen) atoms. The van der Waals surface area contributed by atoms with Crippen LogP contribution in [0.25, 0.3) is 5.57 Å². The number of rotatable bonds is 8. The summed E-state index contributed by atoms with van der Waals surface area (Å²) in [6.45, 7) is 2.66. The molecule has 2 atom stereocenters. The van der Waals surface area contributed by atoms with E-state index in [2.05, 4.69) is 110 Å². The molecule has 2 saturated carbocycles. The molecule has 0 spiro atoms. The van der Waals surface area contributed by atoms with Crippen LogP contribution in [-0.4, -0.2) is 17.0 Å². The molecule has 0 heterocycles. The van der Waals surface area contributed by atoms with Crippen LogP contribution in [0, 0.1) is 5.92 Å². The zero-order chi connectivity index (χ0) is 26.4. The molecule has 0 saturated heterocycles. The molecule has 0 bridgehead atoms. The van der Waals surface area contributed by atoms with Gasteiger partial charge < -0.3 is 0 Å². The van der Waals surface area contributed by atoms with E-state index < -0.39 is 7.92 Å². The highest BCUT2D eigenvalue weighted by Crippen LogP contribution is 2.62. The van der Waals surface area contributed by atoms with E-state index in [9.17, 15) is 0 Å². The molecular formula is C37H44P2. The Labute approximate surface area is 239 Å². The van der Waals surface area contributed by atoms with Crippen LogP contribution >= 0.6 is 15.8 Å². The van der Waals surface area contributed by atoms with Gasteiger partial charge in [-0.2, -0.15) is 0 Å². The van der Waals surface area contributed by atoms with Crippen molar-refractivity contribution in [2.45, 2.75) is 88.1 Å². The largest absolute Gasteiger partial charge is 0.0965 e. The van der Waals surface area contributed by atoms with Gasteiger partial charge in [0.15, 0.2) is 0 Å². The standard InChI is InChI=1S/C37H44P2/c1-29(38(30-17-6-2-7-18-30)31-19-8-3-9-20-31)34-26-16-27-35(34)36-25-14-15-28-37(36)39(32-21-10-4-11-22-32)33-23-12-5-13-24-33/h4-5,10-16,21-31,34H,2-3,6-9,17-20H2,1H3/t29-,34?/m0/s1. The molecule has 202 valence electrons. The van der Waals surface area contributed by atoms with Gasteiger partial charge in [0.25, 0.3) is 0 Å². The van der Waals surface area contributed by atoms with Gasteiger partial charge in [-0.25, -0.2) is 0 Å². The average Bonchev–Trinajstić information content (AvgIpc) is 3.50. The summed E-state index contributed by atoms with van der Waals surface area (Å²) in [4.78, 5) is 0. The number of hydrogen-bond acceptors (Lipinski definition) is 0. The second kappa shape index (κ2) is 13.1. The van der Waals surface area contributed by atoms with Crippen LogP contribution in [0.4, 0.5) is 0 Å². The van der Waals surface area contributed by atoms with Gasteiger partial charge in [-0.05, 0) is 77.6 Å². The highest BCUT2D eigenvalue weighted by Gasteiger charge is 2.39. The molecule has 2 heteroatoms. The summed E-state index contributed by atoms with van der Waals surface area (Å²) < 4.78 is 0. The third-order valence-electron chi connectivity index (χ3n) is 9.42. The molecule has 6 rings (SSSR count). The van der Waals surface area contributed by atoms with Gasteiger partial charge in [0.2, 0.25) is 0 Å². The second-order valence-corrected chi connectivity index (χ2v) is 17.2. The van der Waals surface area contributed by atoms with Crippen LogP contribution in [0.2, 0.25) is 0 Å². The van der Waals surface area contributed by atoms with Crippen molar-refractivity contribution in [3.63, 3.8) is 0 Å². The predicted octanol–water partition coefficient (Wildman–Crippen LogP) is 9.55. The Morgan fingerprint density at radius 3 is 1.69 bits per heavy atom. The van der Waals surface area contributed by atoms with E-state index in [1.54, 1.807) is 5.57 Å². The van der Waals surface area contributed by atoms with Crippen LogP contribution in [0.3, 0.4) is 0 Å². The molecule has 3 aliphatic carbocycles. The van der Waals surface area contributed by atoms with Crippen molar-refractivity contribution in [2.24, 2.45) is 5.92 Å². The molecular weight excluding hydrogens is 506 g/mol. The Kier molecular flexibility index (Phi) is 9.14. The summed E-state index contributed by atoms with van der Waals surface area (Å²) in [5, 5.41) is 4.39. The first-order valence-electron chi connectivity index (χ1n) is 15.5. The number of benzene rings is 3. The number of hydrogen-bond donors (Lipinski definition) is 0. The first-order chi connectivity index (χ1) is 19.3. The van der Waals surface area contributed by atoms with Gasteiger partial charge in [-0.3, -0.25) is 0 Å². The molecule has 0 radical (unpaired) electrons. The monoisotopic (exact) mass is 550 g/mol. The summed E-state index contributed by atoms with van der Waals surface area (Å²) in [6.07, 6.45) is 22.2. The maximum absolute atomic E-state index is 2.66. The van der Waals surface area contributed by atoms with Crippen molar-refractivity contribution < 1.29 is 0 Å². The number of allylic oxidation sites excluding steroid dienone is 4. The van der Waals surface area contributed by atoms with Crippen LogP contribution in [0.15, 0.2) is 103 Å². The van der Waals surface area contributed by atoms with Gasteiger partial charge >= 0.3 is 0 Å². The van der Waals surface area contributed by atoms with E-state index in [1.165, 1.54) is 85.7 Å². The molecule has 0 nitrogen and oxygen atoms in total. The fraction of sp³-hybridized carbons (Fsp3) is 0.405. The molecule has 3 aromatic rings. The Morgan fingerprint density at radius 1 is 0.615 bits per heavy atom. The highest BCUT2D eigenvalue weighted by molar-refractivity contribution is 7.80. The molecule has 0 amide bonds. The minimum atomic E-state index is -0.624. The van der Waals surface area contributed by atoms with E-state index in [4.69, 9.17) is 0 Å².